The zero-order chi connectivity index (χ0) is 25.7. The summed E-state index contributed by atoms with van der Waals surface area (Å²) in [6, 6.07) is 6.13. The van der Waals surface area contributed by atoms with Crippen molar-refractivity contribution in [2.75, 3.05) is 6.54 Å². The zero-order valence-corrected chi connectivity index (χ0v) is 22.9. The highest BCUT2D eigenvalue weighted by Crippen LogP contribution is 2.41. The van der Waals surface area contributed by atoms with Gasteiger partial charge in [-0.05, 0) is 50.2 Å². The number of hydrogen-bond donors (Lipinski definition) is 1. The van der Waals surface area contributed by atoms with Gasteiger partial charge in [-0.1, -0.05) is 102 Å². The lowest BCUT2D eigenvalue weighted by atomic mass is 9.68. The Morgan fingerprint density at radius 1 is 1.03 bits per heavy atom. The van der Waals surface area contributed by atoms with Gasteiger partial charge in [0.1, 0.15) is 11.8 Å². The number of hydrogen-bond acceptors (Lipinski definition) is 5. The molecule has 5 nitrogen and oxygen atoms in total. The van der Waals surface area contributed by atoms with Crippen LogP contribution in [0.5, 0.6) is 0 Å². The van der Waals surface area contributed by atoms with Crippen molar-refractivity contribution >= 4 is 17.4 Å². The van der Waals surface area contributed by atoms with E-state index in [1.807, 2.05) is 19.1 Å². The molecule has 0 fully saturated rings. The van der Waals surface area contributed by atoms with E-state index >= 15 is 0 Å². The van der Waals surface area contributed by atoms with Crippen molar-refractivity contribution in [3.8, 4) is 0 Å². The fraction of sp³-hybridized carbons (Fsp3) is 0.700. The lowest BCUT2D eigenvalue weighted by molar-refractivity contribution is -0.141. The smallest absolute Gasteiger partial charge is 0.362 e. The fourth-order valence-corrected chi connectivity index (χ4v) is 5.72. The topological polar surface area (TPSA) is 71.2 Å². The number of carbonyl (C=O) groups is 1. The van der Waals surface area contributed by atoms with Crippen LogP contribution in [-0.4, -0.2) is 35.2 Å². The number of ether oxygens (including phenoxy) is 1. The Morgan fingerprint density at radius 3 is 2.29 bits per heavy atom. The lowest BCUT2D eigenvalue weighted by Crippen LogP contribution is -2.40. The molecular weight excluding hydrogens is 436 g/mol. The molecule has 1 aliphatic heterocycles. The molecule has 0 amide bonds. The number of oxime groups is 1. The second kappa shape index (κ2) is 15.1. The Kier molecular flexibility index (Phi) is 12.5. The van der Waals surface area contributed by atoms with Crippen molar-refractivity contribution < 1.29 is 14.7 Å². The molecule has 0 aliphatic carbocycles. The van der Waals surface area contributed by atoms with Crippen LogP contribution in [0.1, 0.15) is 128 Å². The van der Waals surface area contributed by atoms with Crippen LogP contribution in [0.2, 0.25) is 0 Å². The van der Waals surface area contributed by atoms with Crippen molar-refractivity contribution in [1.29, 1.82) is 0 Å². The average molecular weight is 485 g/mol. The third-order valence-electron chi connectivity index (χ3n) is 7.43. The van der Waals surface area contributed by atoms with Crippen LogP contribution < -0.4 is 0 Å². The summed E-state index contributed by atoms with van der Waals surface area (Å²) in [4.78, 5) is 18.0. The zero-order valence-electron chi connectivity index (χ0n) is 22.9. The number of nitrogens with zero attached hydrogens (tertiary/aromatic N) is 2. The highest BCUT2D eigenvalue weighted by Gasteiger charge is 2.40. The Bertz CT molecular complexity index is 853. The molecule has 0 bridgehead atoms. The molecule has 1 aromatic carbocycles. The Morgan fingerprint density at radius 2 is 1.69 bits per heavy atom. The van der Waals surface area contributed by atoms with Gasteiger partial charge in [0, 0.05) is 17.5 Å². The molecule has 0 spiro atoms. The van der Waals surface area contributed by atoms with E-state index in [0.717, 1.165) is 56.9 Å². The molecule has 196 valence electrons. The summed E-state index contributed by atoms with van der Waals surface area (Å²) in [6.45, 7) is 11.4. The Labute approximate surface area is 213 Å². The largest absolute Gasteiger partial charge is 0.458 e. The van der Waals surface area contributed by atoms with Crippen LogP contribution in [0, 0.1) is 6.92 Å². The predicted molar refractivity (Wildman–Crippen MR) is 146 cm³/mol. The third kappa shape index (κ3) is 7.65. The molecule has 1 atom stereocenters. The van der Waals surface area contributed by atoms with Gasteiger partial charge in [-0.3, -0.25) is 4.99 Å². The highest BCUT2D eigenvalue weighted by molar-refractivity contribution is 6.69. The predicted octanol–water partition coefficient (Wildman–Crippen LogP) is 7.93. The molecule has 1 aliphatic rings. The van der Waals surface area contributed by atoms with E-state index in [2.05, 4.69) is 38.9 Å². The molecule has 1 heterocycles. The van der Waals surface area contributed by atoms with E-state index in [1.54, 1.807) is 0 Å². The minimum atomic E-state index is -0.577. The normalized spacial score (nSPS) is 15.9. The summed E-state index contributed by atoms with van der Waals surface area (Å²) in [7, 11) is 0. The average Bonchev–Trinajstić information content (AvgIpc) is 2.85. The minimum Gasteiger partial charge on any atom is -0.458 e. The van der Waals surface area contributed by atoms with Crippen molar-refractivity contribution in [2.45, 2.75) is 130 Å². The van der Waals surface area contributed by atoms with Crippen molar-refractivity contribution in [3.63, 3.8) is 0 Å². The van der Waals surface area contributed by atoms with Gasteiger partial charge in [-0.15, -0.1) is 0 Å². The standard InChI is InChI=1S/C30H48N2O3/c1-6-10-11-12-13-14-15-18-24(9-4)35-29(33)28(32-34)27-25-19-16-17-23(5)26(25)30(20-7-2,21-8-3)22-31-27/h16-17,19,24,34H,6-15,18,20-22H2,1-5H3/b32-28+. The SMILES string of the molecule is CCCCCCCCCC(CC)OC(=O)/C(=N/O)C1=NCC(CCC)(CCC)c2c(C)cccc21. The van der Waals surface area contributed by atoms with E-state index in [9.17, 15) is 10.0 Å². The number of carbonyl (C=O) groups excluding carboxylic acids is 1. The molecule has 0 saturated heterocycles. The van der Waals surface area contributed by atoms with E-state index in [0.29, 0.717) is 12.3 Å². The number of aryl methyl sites for hydroxylation is 1. The van der Waals surface area contributed by atoms with Crippen LogP contribution in [0.25, 0.3) is 0 Å². The first-order valence-electron chi connectivity index (χ1n) is 14.1. The number of unbranched alkanes of at least 4 members (excludes halogenated alkanes) is 6. The van der Waals surface area contributed by atoms with Gasteiger partial charge in [0.05, 0.1) is 0 Å². The first-order valence-corrected chi connectivity index (χ1v) is 14.1. The highest BCUT2D eigenvalue weighted by atomic mass is 16.5. The van der Waals surface area contributed by atoms with E-state index in [-0.39, 0.29) is 17.2 Å². The quantitative estimate of drug-likeness (QED) is 0.0851. The molecule has 2 rings (SSSR count). The summed E-state index contributed by atoms with van der Waals surface area (Å²) in [5.74, 6) is -0.577. The number of aliphatic imine (C=N–C) groups is 1. The van der Waals surface area contributed by atoms with E-state index < -0.39 is 5.97 Å². The molecule has 0 aromatic heterocycles. The van der Waals surface area contributed by atoms with Gasteiger partial charge in [0.15, 0.2) is 0 Å². The van der Waals surface area contributed by atoms with E-state index in [1.165, 1.54) is 43.2 Å². The first-order chi connectivity index (χ1) is 17.0. The van der Waals surface area contributed by atoms with Gasteiger partial charge in [-0.2, -0.15) is 0 Å². The van der Waals surface area contributed by atoms with Crippen LogP contribution >= 0.6 is 0 Å². The van der Waals surface area contributed by atoms with Crippen LogP contribution in [0.4, 0.5) is 0 Å². The summed E-state index contributed by atoms with van der Waals surface area (Å²) in [5.41, 5.74) is 3.70. The number of fused-ring (bicyclic) bond motifs is 1. The monoisotopic (exact) mass is 484 g/mol. The molecule has 1 aromatic rings. The van der Waals surface area contributed by atoms with Gasteiger partial charge >= 0.3 is 5.97 Å². The van der Waals surface area contributed by atoms with Crippen molar-refractivity contribution in [2.24, 2.45) is 10.1 Å². The Hall–Kier alpha value is -2.17. The summed E-state index contributed by atoms with van der Waals surface area (Å²) in [6.07, 6.45) is 14.2. The first kappa shape index (κ1) is 29.1. The van der Waals surface area contributed by atoms with Gasteiger partial charge in [0.25, 0.3) is 0 Å². The van der Waals surface area contributed by atoms with Crippen molar-refractivity contribution in [3.05, 3.63) is 34.9 Å². The van der Waals surface area contributed by atoms with Crippen LogP contribution in [0.3, 0.4) is 0 Å². The van der Waals surface area contributed by atoms with Gasteiger partial charge in [0.2, 0.25) is 5.71 Å². The Balaban J connectivity index is 2.15. The molecule has 0 saturated carbocycles. The molecular formula is C30H48N2O3. The number of benzene rings is 1. The number of rotatable bonds is 16. The molecule has 1 N–H and O–H groups in total. The second-order valence-corrected chi connectivity index (χ2v) is 10.2. The molecule has 35 heavy (non-hydrogen) atoms. The lowest BCUT2D eigenvalue weighted by Gasteiger charge is -2.39. The van der Waals surface area contributed by atoms with Crippen LogP contribution in [0.15, 0.2) is 28.3 Å². The molecule has 0 radical (unpaired) electrons. The number of esters is 1. The minimum absolute atomic E-state index is 0.0404. The third-order valence-corrected chi connectivity index (χ3v) is 7.43. The van der Waals surface area contributed by atoms with Crippen molar-refractivity contribution in [1.82, 2.24) is 0 Å². The molecule has 5 heteroatoms. The van der Waals surface area contributed by atoms with E-state index in [4.69, 9.17) is 9.73 Å². The fourth-order valence-electron chi connectivity index (χ4n) is 5.72. The molecule has 1 unspecified atom stereocenters. The second-order valence-electron chi connectivity index (χ2n) is 10.2. The maximum Gasteiger partial charge on any atom is 0.362 e. The van der Waals surface area contributed by atoms with Gasteiger partial charge in [-0.25, -0.2) is 4.79 Å². The summed E-state index contributed by atoms with van der Waals surface area (Å²) in [5, 5.41) is 13.3. The van der Waals surface area contributed by atoms with Crippen LogP contribution in [-0.2, 0) is 14.9 Å². The summed E-state index contributed by atoms with van der Waals surface area (Å²) >= 11 is 0. The van der Waals surface area contributed by atoms with Gasteiger partial charge < -0.3 is 9.94 Å². The summed E-state index contributed by atoms with van der Waals surface area (Å²) < 4.78 is 5.83. The maximum atomic E-state index is 13.2. The maximum absolute atomic E-state index is 13.2.